The van der Waals surface area contributed by atoms with Gasteiger partial charge < -0.3 is 10.6 Å². The normalized spacial score (nSPS) is 21.8. The number of carbonyl (C=O) groups is 1. The number of carbonyl (C=O) groups excluding carboxylic acids is 1. The minimum atomic E-state index is -0.109. The fourth-order valence-electron chi connectivity index (χ4n) is 2.79. The van der Waals surface area contributed by atoms with E-state index < -0.39 is 0 Å². The van der Waals surface area contributed by atoms with Crippen LogP contribution in [0.2, 0.25) is 0 Å². The highest BCUT2D eigenvalue weighted by molar-refractivity contribution is 5.93. The molecule has 5 nitrogen and oxygen atoms in total. The SMILES string of the molecule is CCc1cc(C(=O)N2CC(N)(C3CC3)C2)n(C)n1. The lowest BCUT2D eigenvalue weighted by Crippen LogP contribution is -2.70. The van der Waals surface area contributed by atoms with Gasteiger partial charge in [0.1, 0.15) is 5.69 Å². The third-order valence-corrected chi connectivity index (χ3v) is 4.16. The van der Waals surface area contributed by atoms with E-state index in [-0.39, 0.29) is 11.4 Å². The fraction of sp³-hybridized carbons (Fsp3) is 0.692. The monoisotopic (exact) mass is 248 g/mol. The number of aromatic nitrogens is 2. The molecule has 0 aromatic carbocycles. The number of rotatable bonds is 3. The summed E-state index contributed by atoms with van der Waals surface area (Å²) in [5, 5.41) is 4.31. The summed E-state index contributed by atoms with van der Waals surface area (Å²) in [6, 6.07) is 1.88. The lowest BCUT2D eigenvalue weighted by molar-refractivity contribution is 0.0340. The number of hydrogen-bond acceptors (Lipinski definition) is 3. The zero-order valence-corrected chi connectivity index (χ0v) is 11.0. The number of nitrogens with two attached hydrogens (primary N) is 1. The summed E-state index contributed by atoms with van der Waals surface area (Å²) in [4.78, 5) is 14.2. The number of nitrogens with zero attached hydrogens (tertiary/aromatic N) is 3. The van der Waals surface area contributed by atoms with Crippen molar-refractivity contribution in [1.82, 2.24) is 14.7 Å². The Bertz CT molecular complexity index is 483. The quantitative estimate of drug-likeness (QED) is 0.849. The van der Waals surface area contributed by atoms with E-state index >= 15 is 0 Å². The Morgan fingerprint density at radius 3 is 2.72 bits per heavy atom. The van der Waals surface area contributed by atoms with Gasteiger partial charge in [-0.15, -0.1) is 0 Å². The summed E-state index contributed by atoms with van der Waals surface area (Å²) < 4.78 is 1.68. The third kappa shape index (κ3) is 1.73. The van der Waals surface area contributed by atoms with Gasteiger partial charge in [0.05, 0.1) is 11.2 Å². The van der Waals surface area contributed by atoms with Crippen LogP contribution in [0, 0.1) is 5.92 Å². The highest BCUT2D eigenvalue weighted by atomic mass is 16.2. The van der Waals surface area contributed by atoms with Crippen molar-refractivity contribution < 1.29 is 4.79 Å². The van der Waals surface area contributed by atoms with Crippen LogP contribution in [-0.2, 0) is 13.5 Å². The van der Waals surface area contributed by atoms with Crippen LogP contribution in [0.1, 0.15) is 35.9 Å². The molecule has 0 radical (unpaired) electrons. The third-order valence-electron chi connectivity index (χ3n) is 4.16. The molecule has 2 N–H and O–H groups in total. The summed E-state index contributed by atoms with van der Waals surface area (Å²) in [7, 11) is 1.82. The second-order valence-corrected chi connectivity index (χ2v) is 5.67. The van der Waals surface area contributed by atoms with Crippen LogP contribution < -0.4 is 5.73 Å². The van der Waals surface area contributed by atoms with Crippen molar-refractivity contribution in [3.8, 4) is 0 Å². The maximum atomic E-state index is 12.3. The predicted molar refractivity (Wildman–Crippen MR) is 68.1 cm³/mol. The molecular formula is C13H20N4O. The van der Waals surface area contributed by atoms with Crippen LogP contribution in [0.4, 0.5) is 0 Å². The molecule has 1 saturated carbocycles. The van der Waals surface area contributed by atoms with E-state index in [0.29, 0.717) is 24.7 Å². The zero-order valence-electron chi connectivity index (χ0n) is 11.0. The first-order chi connectivity index (χ1) is 8.53. The molecule has 98 valence electrons. The van der Waals surface area contributed by atoms with Crippen LogP contribution in [0.3, 0.4) is 0 Å². The molecule has 1 aliphatic heterocycles. The predicted octanol–water partition coefficient (Wildman–Crippen LogP) is 0.546. The van der Waals surface area contributed by atoms with Crippen molar-refractivity contribution in [2.24, 2.45) is 18.7 Å². The van der Waals surface area contributed by atoms with Crippen molar-refractivity contribution in [3.05, 3.63) is 17.5 Å². The van der Waals surface area contributed by atoms with Crippen LogP contribution >= 0.6 is 0 Å². The van der Waals surface area contributed by atoms with E-state index in [1.165, 1.54) is 12.8 Å². The van der Waals surface area contributed by atoms with E-state index in [4.69, 9.17) is 5.73 Å². The number of aryl methyl sites for hydroxylation is 2. The lowest BCUT2D eigenvalue weighted by Gasteiger charge is -2.48. The molecule has 1 saturated heterocycles. The molecule has 3 rings (SSSR count). The smallest absolute Gasteiger partial charge is 0.272 e. The molecule has 2 aliphatic rings. The Kier molecular flexibility index (Phi) is 2.48. The van der Waals surface area contributed by atoms with Crippen molar-refractivity contribution in [1.29, 1.82) is 0 Å². The molecule has 1 aromatic rings. The zero-order chi connectivity index (χ0) is 12.9. The van der Waals surface area contributed by atoms with Gasteiger partial charge in [0.2, 0.25) is 0 Å². The van der Waals surface area contributed by atoms with Gasteiger partial charge in [0.15, 0.2) is 0 Å². The maximum absolute atomic E-state index is 12.3. The first-order valence-electron chi connectivity index (χ1n) is 6.64. The Balaban J connectivity index is 1.70. The average molecular weight is 248 g/mol. The topological polar surface area (TPSA) is 64.2 Å². The summed E-state index contributed by atoms with van der Waals surface area (Å²) in [5.74, 6) is 0.700. The first kappa shape index (κ1) is 11.7. The van der Waals surface area contributed by atoms with E-state index in [1.54, 1.807) is 4.68 Å². The molecule has 0 bridgehead atoms. The van der Waals surface area contributed by atoms with E-state index in [1.807, 2.05) is 24.9 Å². The van der Waals surface area contributed by atoms with Gasteiger partial charge in [0, 0.05) is 20.1 Å². The molecule has 1 amide bonds. The van der Waals surface area contributed by atoms with Gasteiger partial charge in [-0.3, -0.25) is 9.48 Å². The van der Waals surface area contributed by atoms with Crippen LogP contribution in [-0.4, -0.2) is 39.2 Å². The van der Waals surface area contributed by atoms with Gasteiger partial charge in [0.25, 0.3) is 5.91 Å². The summed E-state index contributed by atoms with van der Waals surface area (Å²) in [6.07, 6.45) is 3.30. The van der Waals surface area contributed by atoms with Gasteiger partial charge in [-0.2, -0.15) is 5.10 Å². The summed E-state index contributed by atoms with van der Waals surface area (Å²) in [6.45, 7) is 3.44. The van der Waals surface area contributed by atoms with Crippen molar-refractivity contribution >= 4 is 5.91 Å². The van der Waals surface area contributed by atoms with Crippen molar-refractivity contribution in [2.45, 2.75) is 31.7 Å². The highest BCUT2D eigenvalue weighted by Crippen LogP contribution is 2.43. The first-order valence-corrected chi connectivity index (χ1v) is 6.64. The van der Waals surface area contributed by atoms with Gasteiger partial charge >= 0.3 is 0 Å². The maximum Gasteiger partial charge on any atom is 0.272 e. The minimum Gasteiger partial charge on any atom is -0.333 e. The molecular weight excluding hydrogens is 228 g/mol. The Morgan fingerprint density at radius 2 is 2.22 bits per heavy atom. The molecule has 2 heterocycles. The van der Waals surface area contributed by atoms with Crippen LogP contribution in [0.15, 0.2) is 6.07 Å². The largest absolute Gasteiger partial charge is 0.333 e. The molecule has 0 spiro atoms. The Labute approximate surface area is 107 Å². The van der Waals surface area contributed by atoms with Crippen molar-refractivity contribution in [3.63, 3.8) is 0 Å². The van der Waals surface area contributed by atoms with E-state index in [9.17, 15) is 4.79 Å². The Hall–Kier alpha value is -1.36. The van der Waals surface area contributed by atoms with E-state index in [2.05, 4.69) is 5.10 Å². The van der Waals surface area contributed by atoms with Crippen LogP contribution in [0.5, 0.6) is 0 Å². The summed E-state index contributed by atoms with van der Waals surface area (Å²) >= 11 is 0. The average Bonchev–Trinajstić information content (AvgIpc) is 3.08. The molecule has 5 heteroatoms. The standard InChI is InChI=1S/C13H20N4O/c1-3-10-6-11(16(2)15-10)12(18)17-7-13(14,8-17)9-4-5-9/h6,9H,3-5,7-8,14H2,1-2H3. The molecule has 0 unspecified atom stereocenters. The molecule has 1 aromatic heterocycles. The highest BCUT2D eigenvalue weighted by Gasteiger charge is 2.52. The number of likely N-dealkylation sites (tertiary alicyclic amines) is 1. The summed E-state index contributed by atoms with van der Waals surface area (Å²) in [5.41, 5.74) is 7.79. The Morgan fingerprint density at radius 1 is 1.56 bits per heavy atom. The van der Waals surface area contributed by atoms with Crippen LogP contribution in [0.25, 0.3) is 0 Å². The van der Waals surface area contributed by atoms with Gasteiger partial charge in [-0.1, -0.05) is 6.92 Å². The van der Waals surface area contributed by atoms with E-state index in [0.717, 1.165) is 12.1 Å². The fourth-order valence-corrected chi connectivity index (χ4v) is 2.79. The molecule has 0 atom stereocenters. The minimum absolute atomic E-state index is 0.0615. The van der Waals surface area contributed by atoms with Gasteiger partial charge in [-0.05, 0) is 31.2 Å². The second kappa shape index (κ2) is 3.82. The molecule has 18 heavy (non-hydrogen) atoms. The van der Waals surface area contributed by atoms with Crippen molar-refractivity contribution in [2.75, 3.05) is 13.1 Å². The number of amides is 1. The number of hydrogen-bond donors (Lipinski definition) is 1. The lowest BCUT2D eigenvalue weighted by atomic mass is 9.85. The second-order valence-electron chi connectivity index (χ2n) is 5.67. The molecule has 2 fully saturated rings. The molecule has 1 aliphatic carbocycles. The van der Waals surface area contributed by atoms with Gasteiger partial charge in [-0.25, -0.2) is 0 Å².